The fraction of sp³-hybridized carbons (Fsp3) is 0.364. The summed E-state index contributed by atoms with van der Waals surface area (Å²) in [7, 11) is 0. The van der Waals surface area contributed by atoms with Gasteiger partial charge in [-0.1, -0.05) is 29.4 Å². The van der Waals surface area contributed by atoms with Crippen molar-refractivity contribution in [1.82, 2.24) is 9.47 Å². The number of fused-ring (bicyclic) bond motifs is 1. The van der Waals surface area contributed by atoms with Crippen molar-refractivity contribution in [3.05, 3.63) is 76.6 Å². The average molecular weight is 365 g/mol. The molecule has 1 aliphatic rings. The quantitative estimate of drug-likeness (QED) is 0.581. The summed E-state index contributed by atoms with van der Waals surface area (Å²) in [5.41, 5.74) is 3.35. The molecule has 0 amide bonds. The fourth-order valence-corrected chi connectivity index (χ4v) is 4.05. The number of halogens is 1. The van der Waals surface area contributed by atoms with Gasteiger partial charge in [-0.05, 0) is 60.0 Å². The van der Waals surface area contributed by atoms with E-state index in [2.05, 4.69) is 39.0 Å². The van der Waals surface area contributed by atoms with Crippen LogP contribution in [0.3, 0.4) is 0 Å². The number of likely N-dealkylation sites (tertiary alicyclic amines) is 1. The number of benzene rings is 2. The van der Waals surface area contributed by atoms with Crippen LogP contribution in [0.2, 0.25) is 0 Å². The number of aromatic nitrogens is 1. The molecule has 0 bridgehead atoms. The summed E-state index contributed by atoms with van der Waals surface area (Å²) in [5.74, 6) is -0.175. The van der Waals surface area contributed by atoms with Crippen molar-refractivity contribution in [1.29, 1.82) is 0 Å². The first kappa shape index (κ1) is 17.9. The Kier molecular flexibility index (Phi) is 5.30. The van der Waals surface area contributed by atoms with Gasteiger partial charge in [0.15, 0.2) is 0 Å². The SMILES string of the molecule is O=NCc1ccc2ccn(C3CCN(CCc4ccc(F)cc4)CC3)c2c1. The lowest BCUT2D eigenvalue weighted by atomic mass is 10.0. The van der Waals surface area contributed by atoms with Gasteiger partial charge in [-0.3, -0.25) is 0 Å². The lowest BCUT2D eigenvalue weighted by Crippen LogP contribution is -2.35. The molecule has 27 heavy (non-hydrogen) atoms. The Labute approximate surface area is 158 Å². The predicted octanol–water partition coefficient (Wildman–Crippen LogP) is 4.93. The molecule has 2 aromatic carbocycles. The number of nitroso groups, excluding NO2 is 1. The van der Waals surface area contributed by atoms with Crippen LogP contribution in [0.4, 0.5) is 4.39 Å². The molecule has 0 radical (unpaired) electrons. The Morgan fingerprint density at radius 2 is 1.74 bits per heavy atom. The first-order valence-electron chi connectivity index (χ1n) is 9.58. The van der Waals surface area contributed by atoms with Gasteiger partial charge in [0, 0.05) is 37.4 Å². The molecule has 0 saturated carbocycles. The molecule has 0 aliphatic carbocycles. The van der Waals surface area contributed by atoms with Gasteiger partial charge in [0.05, 0.1) is 0 Å². The zero-order valence-corrected chi connectivity index (χ0v) is 15.4. The highest BCUT2D eigenvalue weighted by Crippen LogP contribution is 2.28. The van der Waals surface area contributed by atoms with Crippen LogP contribution in [-0.4, -0.2) is 29.1 Å². The summed E-state index contributed by atoms with van der Waals surface area (Å²) in [6, 6.07) is 15.6. The second-order valence-electron chi connectivity index (χ2n) is 7.35. The number of piperidine rings is 1. The van der Waals surface area contributed by atoms with E-state index < -0.39 is 0 Å². The average Bonchev–Trinajstić information content (AvgIpc) is 3.11. The molecule has 0 N–H and O–H groups in total. The Hall–Kier alpha value is -2.53. The summed E-state index contributed by atoms with van der Waals surface area (Å²) in [6.07, 6.45) is 5.35. The van der Waals surface area contributed by atoms with E-state index >= 15 is 0 Å². The Morgan fingerprint density at radius 1 is 1.00 bits per heavy atom. The Balaban J connectivity index is 1.37. The van der Waals surface area contributed by atoms with Gasteiger partial charge in [0.25, 0.3) is 0 Å². The highest BCUT2D eigenvalue weighted by Gasteiger charge is 2.21. The highest BCUT2D eigenvalue weighted by atomic mass is 19.1. The maximum absolute atomic E-state index is 13.0. The van der Waals surface area contributed by atoms with Gasteiger partial charge in [0.2, 0.25) is 0 Å². The fourth-order valence-electron chi connectivity index (χ4n) is 4.05. The minimum absolute atomic E-state index is 0.175. The van der Waals surface area contributed by atoms with E-state index in [9.17, 15) is 9.30 Å². The normalized spacial score (nSPS) is 16.0. The van der Waals surface area contributed by atoms with Crippen molar-refractivity contribution in [2.24, 2.45) is 5.18 Å². The maximum atomic E-state index is 13.0. The molecule has 2 heterocycles. The molecule has 140 valence electrons. The van der Waals surface area contributed by atoms with Crippen molar-refractivity contribution in [2.45, 2.75) is 31.8 Å². The lowest BCUT2D eigenvalue weighted by molar-refractivity contribution is 0.190. The minimum atomic E-state index is -0.175. The van der Waals surface area contributed by atoms with Crippen molar-refractivity contribution < 1.29 is 4.39 Å². The van der Waals surface area contributed by atoms with Crippen LogP contribution in [-0.2, 0) is 13.0 Å². The van der Waals surface area contributed by atoms with E-state index in [1.54, 1.807) is 0 Å². The van der Waals surface area contributed by atoms with Crippen molar-refractivity contribution in [3.8, 4) is 0 Å². The first-order valence-corrected chi connectivity index (χ1v) is 9.58. The predicted molar refractivity (Wildman–Crippen MR) is 106 cm³/mol. The van der Waals surface area contributed by atoms with Gasteiger partial charge in [-0.2, -0.15) is 4.91 Å². The van der Waals surface area contributed by atoms with E-state index in [1.165, 1.54) is 28.6 Å². The van der Waals surface area contributed by atoms with Gasteiger partial charge >= 0.3 is 0 Å². The van der Waals surface area contributed by atoms with E-state index in [0.29, 0.717) is 6.04 Å². The molecule has 0 unspecified atom stereocenters. The van der Waals surface area contributed by atoms with Crippen LogP contribution in [0.25, 0.3) is 10.9 Å². The van der Waals surface area contributed by atoms with E-state index in [-0.39, 0.29) is 12.4 Å². The second-order valence-corrected chi connectivity index (χ2v) is 7.35. The number of rotatable bonds is 6. The van der Waals surface area contributed by atoms with Crippen molar-refractivity contribution >= 4 is 10.9 Å². The summed E-state index contributed by atoms with van der Waals surface area (Å²) in [4.78, 5) is 13.1. The lowest BCUT2D eigenvalue weighted by Gasteiger charge is -2.33. The largest absolute Gasteiger partial charge is 0.344 e. The number of hydrogen-bond donors (Lipinski definition) is 0. The first-order chi connectivity index (χ1) is 13.2. The molecule has 1 aromatic heterocycles. The third-order valence-electron chi connectivity index (χ3n) is 5.62. The molecule has 1 saturated heterocycles. The van der Waals surface area contributed by atoms with Gasteiger partial charge in [-0.25, -0.2) is 4.39 Å². The molecule has 5 heteroatoms. The van der Waals surface area contributed by atoms with Crippen LogP contribution in [0.1, 0.15) is 30.0 Å². The molecule has 0 atom stereocenters. The zero-order valence-electron chi connectivity index (χ0n) is 15.4. The third kappa shape index (κ3) is 4.08. The van der Waals surface area contributed by atoms with Crippen LogP contribution in [0, 0.1) is 10.7 Å². The highest BCUT2D eigenvalue weighted by molar-refractivity contribution is 5.81. The molecule has 1 fully saturated rings. The minimum Gasteiger partial charge on any atom is -0.344 e. The van der Waals surface area contributed by atoms with Crippen molar-refractivity contribution in [2.75, 3.05) is 19.6 Å². The molecular formula is C22H24FN3O. The van der Waals surface area contributed by atoms with E-state index in [0.717, 1.165) is 44.5 Å². The second kappa shape index (κ2) is 8.01. The van der Waals surface area contributed by atoms with Crippen LogP contribution in [0.5, 0.6) is 0 Å². The van der Waals surface area contributed by atoms with Crippen molar-refractivity contribution in [3.63, 3.8) is 0 Å². The maximum Gasteiger partial charge on any atom is 0.123 e. The zero-order chi connectivity index (χ0) is 18.6. The third-order valence-corrected chi connectivity index (χ3v) is 5.62. The van der Waals surface area contributed by atoms with Gasteiger partial charge < -0.3 is 9.47 Å². The summed E-state index contributed by atoms with van der Waals surface area (Å²) in [5, 5.41) is 4.22. The Bertz CT molecular complexity index is 911. The number of nitrogens with zero attached hydrogens (tertiary/aromatic N) is 3. The monoisotopic (exact) mass is 365 g/mol. The Morgan fingerprint density at radius 3 is 2.48 bits per heavy atom. The van der Waals surface area contributed by atoms with Gasteiger partial charge in [0.1, 0.15) is 12.4 Å². The molecule has 0 spiro atoms. The van der Waals surface area contributed by atoms with Crippen LogP contribution < -0.4 is 0 Å². The molecule has 3 aromatic rings. The number of hydrogen-bond acceptors (Lipinski definition) is 3. The molecule has 4 rings (SSSR count). The van der Waals surface area contributed by atoms with E-state index in [4.69, 9.17) is 0 Å². The summed E-state index contributed by atoms with van der Waals surface area (Å²) >= 11 is 0. The van der Waals surface area contributed by atoms with Crippen LogP contribution in [0.15, 0.2) is 59.9 Å². The van der Waals surface area contributed by atoms with E-state index in [1.807, 2.05) is 18.2 Å². The molecule has 4 nitrogen and oxygen atoms in total. The topological polar surface area (TPSA) is 37.6 Å². The molecule has 1 aliphatic heterocycles. The summed E-state index contributed by atoms with van der Waals surface area (Å²) < 4.78 is 15.4. The summed E-state index contributed by atoms with van der Waals surface area (Å²) in [6.45, 7) is 3.38. The van der Waals surface area contributed by atoms with Gasteiger partial charge in [-0.15, -0.1) is 0 Å². The van der Waals surface area contributed by atoms with Crippen LogP contribution >= 0.6 is 0 Å². The smallest absolute Gasteiger partial charge is 0.123 e. The standard InChI is InChI=1S/C22H24FN3O/c23-20-5-2-17(3-6-20)7-11-25-12-9-21(10-13-25)26-14-8-19-4-1-18(16-24-27)15-22(19)26/h1-6,8,14-15,21H,7,9-13,16H2. The molecular weight excluding hydrogens is 341 g/mol.